The first-order valence-electron chi connectivity index (χ1n) is 8.84. The van der Waals surface area contributed by atoms with Crippen LogP contribution < -0.4 is 4.90 Å². The smallest absolute Gasteiger partial charge is 0.235 e. The molecule has 0 spiro atoms. The molecular weight excluding hydrogens is 342 g/mol. The second kappa shape index (κ2) is 6.88. The Labute approximate surface area is 156 Å². The minimum atomic E-state index is 0.783. The zero-order chi connectivity index (χ0) is 18.1. The molecule has 0 radical (unpaired) electrons. The summed E-state index contributed by atoms with van der Waals surface area (Å²) in [6, 6.07) is 16.8. The molecule has 132 valence electrons. The molecule has 0 aliphatic rings. The lowest BCUT2D eigenvalue weighted by Gasteiger charge is -2.20. The number of benzene rings is 2. The normalized spacial score (nSPS) is 11.2. The van der Waals surface area contributed by atoms with Crippen LogP contribution >= 0.6 is 11.3 Å². The molecular formula is C20H21N5S. The van der Waals surface area contributed by atoms with Crippen LogP contribution in [0.1, 0.15) is 19.4 Å². The fourth-order valence-corrected chi connectivity index (χ4v) is 3.95. The second-order valence-electron chi connectivity index (χ2n) is 6.21. The van der Waals surface area contributed by atoms with Gasteiger partial charge in [0.15, 0.2) is 5.82 Å². The van der Waals surface area contributed by atoms with E-state index in [-0.39, 0.29) is 0 Å². The lowest BCUT2D eigenvalue weighted by Crippen LogP contribution is -2.21. The summed E-state index contributed by atoms with van der Waals surface area (Å²) >= 11 is 1.56. The van der Waals surface area contributed by atoms with Crippen molar-refractivity contribution in [2.75, 3.05) is 18.0 Å². The van der Waals surface area contributed by atoms with E-state index in [9.17, 15) is 0 Å². The van der Waals surface area contributed by atoms with Crippen molar-refractivity contribution in [1.29, 1.82) is 0 Å². The van der Waals surface area contributed by atoms with Gasteiger partial charge < -0.3 is 4.90 Å². The summed E-state index contributed by atoms with van der Waals surface area (Å²) in [5.41, 5.74) is 4.57. The fourth-order valence-electron chi connectivity index (χ4n) is 3.10. The fraction of sp³-hybridized carbons (Fsp3) is 0.250. The first-order chi connectivity index (χ1) is 12.7. The van der Waals surface area contributed by atoms with Gasteiger partial charge in [-0.05, 0) is 51.1 Å². The number of anilines is 1. The third kappa shape index (κ3) is 2.97. The summed E-state index contributed by atoms with van der Waals surface area (Å²) in [5, 5.41) is 14.3. The van der Waals surface area contributed by atoms with Gasteiger partial charge in [-0.1, -0.05) is 35.1 Å². The third-order valence-corrected chi connectivity index (χ3v) is 5.46. The van der Waals surface area contributed by atoms with Crippen molar-refractivity contribution in [3.05, 3.63) is 54.1 Å². The molecule has 0 amide bonds. The first-order valence-corrected chi connectivity index (χ1v) is 9.66. The van der Waals surface area contributed by atoms with Crippen LogP contribution in [0.5, 0.6) is 0 Å². The molecule has 0 aliphatic carbocycles. The maximum Gasteiger partial charge on any atom is 0.235 e. The van der Waals surface area contributed by atoms with E-state index in [2.05, 4.69) is 72.3 Å². The molecule has 5 nitrogen and oxygen atoms in total. The summed E-state index contributed by atoms with van der Waals surface area (Å²) in [4.78, 5) is 3.14. The minimum Gasteiger partial charge on any atom is -0.372 e. The van der Waals surface area contributed by atoms with Crippen LogP contribution in [0.25, 0.3) is 26.9 Å². The Morgan fingerprint density at radius 3 is 2.42 bits per heavy atom. The van der Waals surface area contributed by atoms with Gasteiger partial charge in [-0.15, -0.1) is 10.2 Å². The van der Waals surface area contributed by atoms with E-state index < -0.39 is 0 Å². The Kier molecular flexibility index (Phi) is 4.42. The van der Waals surface area contributed by atoms with Crippen LogP contribution in [0.2, 0.25) is 0 Å². The Balaban J connectivity index is 1.70. The lowest BCUT2D eigenvalue weighted by molar-refractivity contribution is 0.866. The highest BCUT2D eigenvalue weighted by atomic mass is 32.1. The molecule has 0 fully saturated rings. The molecule has 26 heavy (non-hydrogen) atoms. The first kappa shape index (κ1) is 16.7. The number of hydrogen-bond donors (Lipinski definition) is 0. The average Bonchev–Trinajstić information content (AvgIpc) is 3.24. The topological polar surface area (TPSA) is 46.3 Å². The Bertz CT molecular complexity index is 1030. The number of aryl methyl sites for hydroxylation is 1. The molecule has 0 aliphatic heterocycles. The summed E-state index contributed by atoms with van der Waals surface area (Å²) in [6.45, 7) is 8.44. The third-order valence-electron chi connectivity index (χ3n) is 4.51. The molecule has 0 saturated heterocycles. The van der Waals surface area contributed by atoms with E-state index >= 15 is 0 Å². The van der Waals surface area contributed by atoms with Gasteiger partial charge in [-0.25, -0.2) is 0 Å². The molecule has 0 N–H and O–H groups in total. The van der Waals surface area contributed by atoms with E-state index in [1.165, 1.54) is 11.3 Å². The monoisotopic (exact) mass is 363 g/mol. The van der Waals surface area contributed by atoms with Gasteiger partial charge in [-0.2, -0.15) is 9.61 Å². The van der Waals surface area contributed by atoms with Crippen LogP contribution in [0, 0.1) is 6.92 Å². The Morgan fingerprint density at radius 2 is 1.73 bits per heavy atom. The zero-order valence-corrected chi connectivity index (χ0v) is 16.0. The maximum atomic E-state index is 4.76. The van der Waals surface area contributed by atoms with Crippen LogP contribution in [0.15, 0.2) is 48.5 Å². The molecule has 2 heterocycles. The zero-order valence-electron chi connectivity index (χ0n) is 15.2. The summed E-state index contributed by atoms with van der Waals surface area (Å²) in [5.74, 6) is 0.783. The van der Waals surface area contributed by atoms with Gasteiger partial charge in [0.1, 0.15) is 5.01 Å². The average molecular weight is 363 g/mol. The van der Waals surface area contributed by atoms with Crippen molar-refractivity contribution >= 4 is 22.0 Å². The highest BCUT2D eigenvalue weighted by molar-refractivity contribution is 7.19. The van der Waals surface area contributed by atoms with Crippen molar-refractivity contribution in [1.82, 2.24) is 19.8 Å². The molecule has 2 aromatic heterocycles. The van der Waals surface area contributed by atoms with Crippen molar-refractivity contribution < 1.29 is 0 Å². The standard InChI is InChI=1S/C20H21N5S/c1-4-24(5-2)17-11-9-15(10-12-17)19-23-25-18(21-22-20(25)26-19)16-8-6-7-14(3)13-16/h6-13H,4-5H2,1-3H3. The minimum absolute atomic E-state index is 0.783. The number of nitrogens with zero attached hydrogens (tertiary/aromatic N) is 5. The second-order valence-corrected chi connectivity index (χ2v) is 7.17. The van der Waals surface area contributed by atoms with Crippen molar-refractivity contribution in [2.45, 2.75) is 20.8 Å². The molecule has 2 aromatic carbocycles. The summed E-state index contributed by atoms with van der Waals surface area (Å²) < 4.78 is 1.84. The van der Waals surface area contributed by atoms with Crippen LogP contribution in [0.4, 0.5) is 5.69 Å². The van der Waals surface area contributed by atoms with E-state index in [0.29, 0.717) is 0 Å². The maximum absolute atomic E-state index is 4.76. The molecule has 0 atom stereocenters. The Morgan fingerprint density at radius 1 is 0.962 bits per heavy atom. The summed E-state index contributed by atoms with van der Waals surface area (Å²) in [6.07, 6.45) is 0. The quantitative estimate of drug-likeness (QED) is 0.517. The largest absolute Gasteiger partial charge is 0.372 e. The number of hydrogen-bond acceptors (Lipinski definition) is 5. The molecule has 0 unspecified atom stereocenters. The van der Waals surface area contributed by atoms with Gasteiger partial charge in [0.25, 0.3) is 0 Å². The van der Waals surface area contributed by atoms with Gasteiger partial charge in [0, 0.05) is 29.9 Å². The number of rotatable bonds is 5. The predicted octanol–water partition coefficient (Wildman–Crippen LogP) is 4.67. The predicted molar refractivity (Wildman–Crippen MR) is 108 cm³/mol. The van der Waals surface area contributed by atoms with Crippen molar-refractivity contribution in [3.8, 4) is 22.0 Å². The highest BCUT2D eigenvalue weighted by Gasteiger charge is 2.14. The van der Waals surface area contributed by atoms with E-state index in [4.69, 9.17) is 5.10 Å². The van der Waals surface area contributed by atoms with E-state index in [1.807, 2.05) is 16.6 Å². The lowest BCUT2D eigenvalue weighted by atomic mass is 10.1. The van der Waals surface area contributed by atoms with Crippen molar-refractivity contribution in [3.63, 3.8) is 0 Å². The highest BCUT2D eigenvalue weighted by Crippen LogP contribution is 2.29. The van der Waals surface area contributed by atoms with Gasteiger partial charge in [-0.3, -0.25) is 0 Å². The molecule has 0 saturated carbocycles. The molecule has 6 heteroatoms. The van der Waals surface area contributed by atoms with Crippen molar-refractivity contribution in [2.24, 2.45) is 0 Å². The Hall–Kier alpha value is -2.73. The van der Waals surface area contributed by atoms with Crippen LogP contribution in [0.3, 0.4) is 0 Å². The number of fused-ring (bicyclic) bond motifs is 1. The summed E-state index contributed by atoms with van der Waals surface area (Å²) in [7, 11) is 0. The number of aromatic nitrogens is 4. The van der Waals surface area contributed by atoms with Gasteiger partial charge in [0.2, 0.25) is 4.96 Å². The van der Waals surface area contributed by atoms with Gasteiger partial charge in [0.05, 0.1) is 0 Å². The van der Waals surface area contributed by atoms with E-state index in [1.54, 1.807) is 11.3 Å². The van der Waals surface area contributed by atoms with Crippen LogP contribution in [-0.4, -0.2) is 32.9 Å². The SMILES string of the molecule is CCN(CC)c1ccc(-c2nn3c(-c4cccc(C)c4)nnc3s2)cc1. The molecule has 0 bridgehead atoms. The van der Waals surface area contributed by atoms with E-state index in [0.717, 1.165) is 40.0 Å². The molecule has 4 rings (SSSR count). The van der Waals surface area contributed by atoms with Crippen LogP contribution in [-0.2, 0) is 0 Å². The van der Waals surface area contributed by atoms with Gasteiger partial charge >= 0.3 is 0 Å². The molecule has 4 aromatic rings.